The molecule has 1 N–H and O–H groups in total. The molecule has 0 aliphatic heterocycles. The van der Waals surface area contributed by atoms with Crippen LogP contribution in [0.1, 0.15) is 40.9 Å². The number of benzene rings is 2. The minimum absolute atomic E-state index is 0.0141. The Morgan fingerprint density at radius 3 is 2.47 bits per heavy atom. The molecule has 0 bridgehead atoms. The molecule has 2 heterocycles. The SMILES string of the molecule is Cc1ccc(-c2nc3c(C)cccn3c2CC(=O)NC(C)c2ccccc2)cc1C. The maximum absolute atomic E-state index is 13.0. The second-order valence-corrected chi connectivity index (χ2v) is 7.97. The van der Waals surface area contributed by atoms with Crippen molar-refractivity contribution in [1.29, 1.82) is 0 Å². The first-order valence-corrected chi connectivity index (χ1v) is 10.3. The van der Waals surface area contributed by atoms with Crippen LogP contribution in [0.4, 0.5) is 0 Å². The van der Waals surface area contributed by atoms with Crippen molar-refractivity contribution in [3.8, 4) is 11.3 Å². The van der Waals surface area contributed by atoms with Crippen molar-refractivity contribution in [1.82, 2.24) is 14.7 Å². The number of nitrogens with zero attached hydrogens (tertiary/aromatic N) is 2. The normalized spacial score (nSPS) is 12.1. The van der Waals surface area contributed by atoms with E-state index in [1.807, 2.05) is 66.9 Å². The highest BCUT2D eigenvalue weighted by atomic mass is 16.1. The van der Waals surface area contributed by atoms with E-state index in [0.29, 0.717) is 0 Å². The number of carbonyl (C=O) groups excluding carboxylic acids is 1. The molecule has 2 aromatic carbocycles. The minimum atomic E-state index is -0.0512. The van der Waals surface area contributed by atoms with Crippen molar-refractivity contribution in [3.63, 3.8) is 0 Å². The predicted octanol–water partition coefficient (Wildman–Crippen LogP) is 5.35. The summed E-state index contributed by atoms with van der Waals surface area (Å²) in [7, 11) is 0. The van der Waals surface area contributed by atoms with E-state index < -0.39 is 0 Å². The molecule has 0 saturated carbocycles. The maximum atomic E-state index is 13.0. The van der Waals surface area contributed by atoms with Crippen LogP contribution >= 0.6 is 0 Å². The summed E-state index contributed by atoms with van der Waals surface area (Å²) < 4.78 is 2.05. The lowest BCUT2D eigenvalue weighted by molar-refractivity contribution is -0.121. The summed E-state index contributed by atoms with van der Waals surface area (Å²) in [5.41, 5.74) is 8.36. The second-order valence-electron chi connectivity index (χ2n) is 7.97. The van der Waals surface area contributed by atoms with Gasteiger partial charge in [0.25, 0.3) is 0 Å². The molecule has 0 aliphatic rings. The third-order valence-corrected chi connectivity index (χ3v) is 5.73. The number of nitrogens with one attached hydrogen (secondary N) is 1. The second kappa shape index (κ2) is 8.15. The molecule has 0 saturated heterocycles. The summed E-state index contributed by atoms with van der Waals surface area (Å²) in [5, 5.41) is 3.13. The van der Waals surface area contributed by atoms with E-state index in [9.17, 15) is 4.79 Å². The van der Waals surface area contributed by atoms with E-state index in [1.165, 1.54) is 11.1 Å². The molecular formula is C26H27N3O. The molecule has 30 heavy (non-hydrogen) atoms. The summed E-state index contributed by atoms with van der Waals surface area (Å²) >= 11 is 0. The number of imidazole rings is 1. The van der Waals surface area contributed by atoms with Crippen LogP contribution in [0, 0.1) is 20.8 Å². The van der Waals surface area contributed by atoms with Crippen LogP contribution in [0.3, 0.4) is 0 Å². The molecule has 4 aromatic rings. The number of carbonyl (C=O) groups is 1. The first-order chi connectivity index (χ1) is 14.4. The quantitative estimate of drug-likeness (QED) is 0.494. The lowest BCUT2D eigenvalue weighted by Crippen LogP contribution is -2.28. The average Bonchev–Trinajstić information content (AvgIpc) is 3.10. The Balaban J connectivity index is 1.71. The third-order valence-electron chi connectivity index (χ3n) is 5.73. The zero-order chi connectivity index (χ0) is 21.3. The van der Waals surface area contributed by atoms with Gasteiger partial charge in [0.2, 0.25) is 5.91 Å². The van der Waals surface area contributed by atoms with E-state index in [-0.39, 0.29) is 18.4 Å². The number of aromatic nitrogens is 2. The van der Waals surface area contributed by atoms with Gasteiger partial charge < -0.3 is 9.72 Å². The molecule has 0 fully saturated rings. The van der Waals surface area contributed by atoms with E-state index in [0.717, 1.165) is 33.7 Å². The van der Waals surface area contributed by atoms with Crippen LogP contribution in [0.25, 0.3) is 16.9 Å². The molecule has 4 rings (SSSR count). The molecule has 0 radical (unpaired) electrons. The van der Waals surface area contributed by atoms with Crippen LogP contribution in [0.5, 0.6) is 0 Å². The summed E-state index contributed by atoms with van der Waals surface area (Å²) in [6.07, 6.45) is 2.26. The summed E-state index contributed by atoms with van der Waals surface area (Å²) in [4.78, 5) is 17.9. The van der Waals surface area contributed by atoms with Crippen molar-refractivity contribution in [2.24, 2.45) is 0 Å². The lowest BCUT2D eigenvalue weighted by Gasteiger charge is -2.15. The Hall–Kier alpha value is -3.40. The molecule has 4 nitrogen and oxygen atoms in total. The lowest BCUT2D eigenvalue weighted by atomic mass is 10.0. The fourth-order valence-electron chi connectivity index (χ4n) is 3.81. The van der Waals surface area contributed by atoms with Gasteiger partial charge in [-0.2, -0.15) is 0 Å². The van der Waals surface area contributed by atoms with Crippen molar-refractivity contribution in [2.75, 3.05) is 0 Å². The minimum Gasteiger partial charge on any atom is -0.349 e. The number of fused-ring (bicyclic) bond motifs is 1. The van der Waals surface area contributed by atoms with E-state index >= 15 is 0 Å². The van der Waals surface area contributed by atoms with Gasteiger partial charge in [0.1, 0.15) is 5.65 Å². The zero-order valence-electron chi connectivity index (χ0n) is 17.9. The van der Waals surface area contributed by atoms with Gasteiger partial charge in [0.15, 0.2) is 0 Å². The van der Waals surface area contributed by atoms with Gasteiger partial charge in [-0.1, -0.05) is 48.5 Å². The van der Waals surface area contributed by atoms with E-state index in [2.05, 4.69) is 37.4 Å². The molecule has 1 unspecified atom stereocenters. The molecule has 2 aromatic heterocycles. The van der Waals surface area contributed by atoms with Gasteiger partial charge in [-0.25, -0.2) is 4.98 Å². The third kappa shape index (κ3) is 3.86. The fraction of sp³-hybridized carbons (Fsp3) is 0.231. The monoisotopic (exact) mass is 397 g/mol. The molecule has 1 amide bonds. The van der Waals surface area contributed by atoms with Crippen molar-refractivity contribution < 1.29 is 4.79 Å². The standard InChI is InChI=1S/C26H27N3O/c1-17-12-13-22(15-19(17)3)25-23(29-14-8-9-18(2)26(29)28-25)16-24(30)27-20(4)21-10-6-5-7-11-21/h5-15,20H,16H2,1-4H3,(H,27,30). The van der Waals surface area contributed by atoms with Crippen LogP contribution in [0.15, 0.2) is 66.9 Å². The zero-order valence-corrected chi connectivity index (χ0v) is 17.9. The van der Waals surface area contributed by atoms with E-state index in [1.54, 1.807) is 0 Å². The highest BCUT2D eigenvalue weighted by Gasteiger charge is 2.19. The van der Waals surface area contributed by atoms with Gasteiger partial charge in [-0.15, -0.1) is 0 Å². The van der Waals surface area contributed by atoms with Gasteiger partial charge >= 0.3 is 0 Å². The van der Waals surface area contributed by atoms with Gasteiger partial charge in [0.05, 0.1) is 23.9 Å². The molecule has 152 valence electrons. The molecule has 4 heteroatoms. The van der Waals surface area contributed by atoms with Gasteiger partial charge in [0, 0.05) is 11.8 Å². The van der Waals surface area contributed by atoms with Crippen LogP contribution in [0.2, 0.25) is 0 Å². The van der Waals surface area contributed by atoms with Crippen LogP contribution < -0.4 is 5.32 Å². The van der Waals surface area contributed by atoms with Crippen molar-refractivity contribution in [3.05, 3.63) is 94.8 Å². The number of amides is 1. The van der Waals surface area contributed by atoms with Crippen LogP contribution in [-0.4, -0.2) is 15.3 Å². The molecular weight excluding hydrogens is 370 g/mol. The van der Waals surface area contributed by atoms with Gasteiger partial charge in [-0.05, 0) is 62.1 Å². The Kier molecular flexibility index (Phi) is 5.40. The maximum Gasteiger partial charge on any atom is 0.226 e. The fourth-order valence-corrected chi connectivity index (χ4v) is 3.81. The van der Waals surface area contributed by atoms with Crippen molar-refractivity contribution in [2.45, 2.75) is 40.2 Å². The van der Waals surface area contributed by atoms with Crippen LogP contribution in [-0.2, 0) is 11.2 Å². The highest BCUT2D eigenvalue weighted by Crippen LogP contribution is 2.28. The average molecular weight is 398 g/mol. The molecule has 1 atom stereocenters. The Morgan fingerprint density at radius 2 is 1.73 bits per heavy atom. The number of pyridine rings is 1. The first-order valence-electron chi connectivity index (χ1n) is 10.3. The smallest absolute Gasteiger partial charge is 0.226 e. The summed E-state index contributed by atoms with van der Waals surface area (Å²) in [6, 6.07) is 20.4. The summed E-state index contributed by atoms with van der Waals surface area (Å²) in [6.45, 7) is 8.27. The Morgan fingerprint density at radius 1 is 0.967 bits per heavy atom. The topological polar surface area (TPSA) is 46.4 Å². The number of hydrogen-bond acceptors (Lipinski definition) is 2. The van der Waals surface area contributed by atoms with E-state index in [4.69, 9.17) is 4.98 Å². The summed E-state index contributed by atoms with van der Waals surface area (Å²) in [5.74, 6) is -0.0141. The number of hydrogen-bond donors (Lipinski definition) is 1. The predicted molar refractivity (Wildman–Crippen MR) is 122 cm³/mol. The highest BCUT2D eigenvalue weighted by molar-refractivity contribution is 5.82. The number of aryl methyl sites for hydroxylation is 3. The van der Waals surface area contributed by atoms with Gasteiger partial charge in [-0.3, -0.25) is 4.79 Å². The van der Waals surface area contributed by atoms with Crippen molar-refractivity contribution >= 4 is 11.6 Å². The first kappa shape index (κ1) is 19.9. The largest absolute Gasteiger partial charge is 0.349 e. The Bertz CT molecular complexity index is 1210. The molecule has 0 spiro atoms. The number of rotatable bonds is 5. The Labute approximate surface area is 177 Å². The molecule has 0 aliphatic carbocycles.